The van der Waals surface area contributed by atoms with E-state index in [1.54, 1.807) is 24.3 Å². The summed E-state index contributed by atoms with van der Waals surface area (Å²) in [4.78, 5) is 23.1. The molecule has 22 heavy (non-hydrogen) atoms. The van der Waals surface area contributed by atoms with E-state index in [1.165, 1.54) is 6.92 Å². The average Bonchev–Trinajstić information content (AvgIpc) is 2.49. The van der Waals surface area contributed by atoms with Gasteiger partial charge in [-0.2, -0.15) is 0 Å². The number of anilines is 2. The van der Waals surface area contributed by atoms with Crippen molar-refractivity contribution in [3.63, 3.8) is 0 Å². The Kier molecular flexibility index (Phi) is 5.33. The summed E-state index contributed by atoms with van der Waals surface area (Å²) in [5, 5.41) is 5.86. The summed E-state index contributed by atoms with van der Waals surface area (Å²) in [6, 6.07) is 12.7. The van der Waals surface area contributed by atoms with Crippen molar-refractivity contribution in [1.82, 2.24) is 0 Å². The van der Waals surface area contributed by atoms with Crippen LogP contribution in [0.25, 0.3) is 0 Å². The van der Waals surface area contributed by atoms with Crippen LogP contribution >= 0.6 is 15.9 Å². The van der Waals surface area contributed by atoms with E-state index in [4.69, 9.17) is 0 Å². The Hall–Kier alpha value is -2.14. The number of benzene rings is 2. The van der Waals surface area contributed by atoms with E-state index in [2.05, 4.69) is 26.6 Å². The average molecular weight is 361 g/mol. The number of hydrogen-bond donors (Lipinski definition) is 2. The van der Waals surface area contributed by atoms with Crippen molar-refractivity contribution < 1.29 is 9.59 Å². The van der Waals surface area contributed by atoms with Crippen LogP contribution < -0.4 is 10.6 Å². The number of nitrogens with one attached hydrogen (secondary N) is 2. The molecule has 0 aromatic heterocycles. The van der Waals surface area contributed by atoms with Gasteiger partial charge in [-0.15, -0.1) is 0 Å². The summed E-state index contributed by atoms with van der Waals surface area (Å²) in [5.41, 5.74) is 3.29. The Balaban J connectivity index is 1.89. The molecular weight excluding hydrogens is 344 g/mol. The van der Waals surface area contributed by atoms with Gasteiger partial charge in [0.1, 0.15) is 0 Å². The standard InChI is InChI=1S/C17H17BrN2O2/c1-11-9-15(7-8-16(11)18)19-10-17(22)20-14-5-3-13(4-6-14)12(2)21/h3-9,19H,10H2,1-2H3,(H,20,22). The number of aryl methyl sites for hydroxylation is 1. The molecule has 2 rings (SSSR count). The molecule has 0 heterocycles. The minimum Gasteiger partial charge on any atom is -0.376 e. The Morgan fingerprint density at radius 1 is 1.05 bits per heavy atom. The Labute approximate surface area is 138 Å². The Morgan fingerprint density at radius 3 is 2.27 bits per heavy atom. The van der Waals surface area contributed by atoms with Crippen molar-refractivity contribution in [2.24, 2.45) is 0 Å². The van der Waals surface area contributed by atoms with E-state index in [9.17, 15) is 9.59 Å². The first-order valence-corrected chi connectivity index (χ1v) is 7.66. The van der Waals surface area contributed by atoms with Gasteiger partial charge >= 0.3 is 0 Å². The SMILES string of the molecule is CC(=O)c1ccc(NC(=O)CNc2ccc(Br)c(C)c2)cc1. The van der Waals surface area contributed by atoms with Crippen LogP contribution in [0.1, 0.15) is 22.8 Å². The first kappa shape index (κ1) is 16.2. The highest BCUT2D eigenvalue weighted by molar-refractivity contribution is 9.10. The maximum Gasteiger partial charge on any atom is 0.243 e. The molecule has 0 bridgehead atoms. The fourth-order valence-corrected chi connectivity index (χ4v) is 2.18. The predicted molar refractivity (Wildman–Crippen MR) is 92.4 cm³/mol. The summed E-state index contributed by atoms with van der Waals surface area (Å²) < 4.78 is 1.04. The van der Waals surface area contributed by atoms with Crippen molar-refractivity contribution in [2.45, 2.75) is 13.8 Å². The van der Waals surface area contributed by atoms with E-state index in [-0.39, 0.29) is 18.2 Å². The van der Waals surface area contributed by atoms with Gasteiger partial charge in [-0.3, -0.25) is 9.59 Å². The van der Waals surface area contributed by atoms with E-state index in [0.717, 1.165) is 15.7 Å². The van der Waals surface area contributed by atoms with Gasteiger partial charge in [0.05, 0.1) is 6.54 Å². The minimum absolute atomic E-state index is 0.00477. The summed E-state index contributed by atoms with van der Waals surface area (Å²) >= 11 is 3.44. The fourth-order valence-electron chi connectivity index (χ4n) is 1.93. The molecule has 0 fully saturated rings. The monoisotopic (exact) mass is 360 g/mol. The maximum absolute atomic E-state index is 11.9. The first-order chi connectivity index (χ1) is 10.5. The fraction of sp³-hybridized carbons (Fsp3) is 0.176. The van der Waals surface area contributed by atoms with Gasteiger partial charge in [0.15, 0.2) is 5.78 Å². The second-order valence-corrected chi connectivity index (χ2v) is 5.85. The molecule has 5 heteroatoms. The van der Waals surface area contributed by atoms with Crippen LogP contribution in [0.15, 0.2) is 46.9 Å². The molecule has 0 aliphatic heterocycles. The quantitative estimate of drug-likeness (QED) is 0.792. The van der Waals surface area contributed by atoms with Crippen molar-refractivity contribution in [3.8, 4) is 0 Å². The molecule has 4 nitrogen and oxygen atoms in total. The molecule has 2 aromatic rings. The molecule has 0 atom stereocenters. The number of carbonyl (C=O) groups is 2. The third kappa shape index (κ3) is 4.43. The maximum atomic E-state index is 11.9. The summed E-state index contributed by atoms with van der Waals surface area (Å²) in [5.74, 6) is -0.138. The van der Waals surface area contributed by atoms with Crippen LogP contribution in [0.5, 0.6) is 0 Å². The van der Waals surface area contributed by atoms with Crippen molar-refractivity contribution >= 4 is 39.0 Å². The highest BCUT2D eigenvalue weighted by Crippen LogP contribution is 2.19. The molecule has 0 aliphatic carbocycles. The van der Waals surface area contributed by atoms with Gasteiger partial charge in [-0.05, 0) is 61.9 Å². The summed E-state index contributed by atoms with van der Waals surface area (Å²) in [7, 11) is 0. The zero-order chi connectivity index (χ0) is 16.1. The van der Waals surface area contributed by atoms with Crippen LogP contribution in [0.3, 0.4) is 0 Å². The van der Waals surface area contributed by atoms with E-state index >= 15 is 0 Å². The number of halogens is 1. The molecule has 0 aliphatic rings. The van der Waals surface area contributed by atoms with E-state index in [0.29, 0.717) is 11.3 Å². The first-order valence-electron chi connectivity index (χ1n) is 6.86. The normalized spacial score (nSPS) is 10.1. The highest BCUT2D eigenvalue weighted by Gasteiger charge is 2.04. The number of rotatable bonds is 5. The lowest BCUT2D eigenvalue weighted by Crippen LogP contribution is -2.21. The number of ketones is 1. The minimum atomic E-state index is -0.142. The molecular formula is C17H17BrN2O2. The Morgan fingerprint density at radius 2 is 1.68 bits per heavy atom. The molecule has 0 saturated heterocycles. The van der Waals surface area contributed by atoms with Crippen LogP contribution in [-0.2, 0) is 4.79 Å². The predicted octanol–water partition coefficient (Wildman–Crippen LogP) is 4.01. The van der Waals surface area contributed by atoms with Gasteiger partial charge in [-0.25, -0.2) is 0 Å². The Bertz CT molecular complexity index is 696. The molecule has 2 aromatic carbocycles. The van der Waals surface area contributed by atoms with Crippen LogP contribution in [0.2, 0.25) is 0 Å². The lowest BCUT2D eigenvalue weighted by molar-refractivity contribution is -0.114. The number of amides is 1. The van der Waals surface area contributed by atoms with Gasteiger partial charge < -0.3 is 10.6 Å². The van der Waals surface area contributed by atoms with E-state index < -0.39 is 0 Å². The molecule has 0 saturated carbocycles. The number of hydrogen-bond acceptors (Lipinski definition) is 3. The molecule has 0 spiro atoms. The van der Waals surface area contributed by atoms with Crippen molar-refractivity contribution in [3.05, 3.63) is 58.1 Å². The van der Waals surface area contributed by atoms with Crippen LogP contribution in [0, 0.1) is 6.92 Å². The molecule has 114 valence electrons. The van der Waals surface area contributed by atoms with Gasteiger partial charge in [0.2, 0.25) is 5.91 Å². The van der Waals surface area contributed by atoms with Crippen molar-refractivity contribution in [1.29, 1.82) is 0 Å². The van der Waals surface area contributed by atoms with E-state index in [1.807, 2.05) is 25.1 Å². The largest absolute Gasteiger partial charge is 0.376 e. The topological polar surface area (TPSA) is 58.2 Å². The second kappa shape index (κ2) is 7.22. The molecule has 1 amide bonds. The zero-order valence-corrected chi connectivity index (χ0v) is 14.0. The third-order valence-corrected chi connectivity index (χ3v) is 4.08. The molecule has 0 radical (unpaired) electrons. The van der Waals surface area contributed by atoms with Gasteiger partial charge in [0, 0.05) is 21.4 Å². The van der Waals surface area contributed by atoms with Crippen molar-refractivity contribution in [2.75, 3.05) is 17.2 Å². The third-order valence-electron chi connectivity index (χ3n) is 3.19. The highest BCUT2D eigenvalue weighted by atomic mass is 79.9. The van der Waals surface area contributed by atoms with Crippen LogP contribution in [0.4, 0.5) is 11.4 Å². The number of carbonyl (C=O) groups excluding carboxylic acids is 2. The summed E-state index contributed by atoms with van der Waals surface area (Å²) in [6.07, 6.45) is 0. The van der Waals surface area contributed by atoms with Gasteiger partial charge in [0.25, 0.3) is 0 Å². The lowest BCUT2D eigenvalue weighted by atomic mass is 10.1. The van der Waals surface area contributed by atoms with Gasteiger partial charge in [-0.1, -0.05) is 15.9 Å². The number of Topliss-reactive ketones (excluding diaryl/α,β-unsaturated/α-hetero) is 1. The second-order valence-electron chi connectivity index (χ2n) is 5.00. The molecule has 2 N–H and O–H groups in total. The smallest absolute Gasteiger partial charge is 0.243 e. The molecule has 0 unspecified atom stereocenters. The lowest BCUT2D eigenvalue weighted by Gasteiger charge is -2.09. The summed E-state index contributed by atoms with van der Waals surface area (Å²) in [6.45, 7) is 3.68. The van der Waals surface area contributed by atoms with Crippen LogP contribution in [-0.4, -0.2) is 18.2 Å². The zero-order valence-electron chi connectivity index (χ0n) is 12.4.